The summed E-state index contributed by atoms with van der Waals surface area (Å²) in [6.45, 7) is 3.60. The second-order valence-electron chi connectivity index (χ2n) is 4.14. The molecule has 0 bridgehead atoms. The number of amides is 2. The second-order valence-corrected chi connectivity index (χ2v) is 4.14. The van der Waals surface area contributed by atoms with Crippen LogP contribution in [0, 0.1) is 5.92 Å². The topological polar surface area (TPSA) is 92.4 Å². The van der Waals surface area contributed by atoms with Gasteiger partial charge in [0.05, 0.1) is 0 Å². The van der Waals surface area contributed by atoms with Crippen molar-refractivity contribution < 1.29 is 14.7 Å². The Morgan fingerprint density at radius 3 is 2.18 bits per heavy atom. The van der Waals surface area contributed by atoms with Crippen LogP contribution in [-0.4, -0.2) is 23.0 Å². The van der Waals surface area contributed by atoms with Crippen LogP contribution in [0.4, 0.5) is 0 Å². The van der Waals surface area contributed by atoms with Gasteiger partial charge in [-0.3, -0.25) is 9.59 Å². The molecule has 0 saturated heterocycles. The van der Waals surface area contributed by atoms with Gasteiger partial charge in [-0.05, 0) is 30.2 Å². The van der Waals surface area contributed by atoms with Gasteiger partial charge in [0.1, 0.15) is 11.8 Å². The van der Waals surface area contributed by atoms with E-state index in [2.05, 4.69) is 5.32 Å². The van der Waals surface area contributed by atoms with Gasteiger partial charge < -0.3 is 16.2 Å². The molecule has 1 aromatic carbocycles. The third-order valence-corrected chi connectivity index (χ3v) is 2.39. The lowest BCUT2D eigenvalue weighted by Gasteiger charge is -2.18. The Morgan fingerprint density at radius 2 is 1.76 bits per heavy atom. The maximum atomic E-state index is 11.8. The van der Waals surface area contributed by atoms with E-state index in [0.29, 0.717) is 5.56 Å². The van der Waals surface area contributed by atoms with Gasteiger partial charge in [-0.15, -0.1) is 0 Å². The lowest BCUT2D eigenvalue weighted by atomic mass is 10.0. The molecule has 92 valence electrons. The van der Waals surface area contributed by atoms with Crippen LogP contribution in [0.25, 0.3) is 0 Å². The quantitative estimate of drug-likeness (QED) is 0.716. The van der Waals surface area contributed by atoms with Gasteiger partial charge in [-0.1, -0.05) is 13.8 Å². The summed E-state index contributed by atoms with van der Waals surface area (Å²) in [5.41, 5.74) is 5.56. The Balaban J connectivity index is 2.77. The number of phenols is 1. The molecule has 0 radical (unpaired) electrons. The lowest BCUT2D eigenvalue weighted by molar-refractivity contribution is -0.120. The van der Waals surface area contributed by atoms with Crippen LogP contribution in [0.1, 0.15) is 24.2 Å². The standard InChI is InChI=1S/C12H16N2O3/c1-7(2)10(11(13)16)14-12(17)8-3-5-9(15)6-4-8/h3-7,10,15H,1-2H3,(H2,13,16)(H,14,17). The van der Waals surface area contributed by atoms with Gasteiger partial charge in [-0.25, -0.2) is 0 Å². The minimum Gasteiger partial charge on any atom is -0.508 e. The molecule has 0 heterocycles. The van der Waals surface area contributed by atoms with Gasteiger partial charge in [0.15, 0.2) is 0 Å². The fraction of sp³-hybridized carbons (Fsp3) is 0.333. The van der Waals surface area contributed by atoms with Crippen molar-refractivity contribution in [2.45, 2.75) is 19.9 Å². The van der Waals surface area contributed by atoms with Gasteiger partial charge >= 0.3 is 0 Å². The largest absolute Gasteiger partial charge is 0.508 e. The van der Waals surface area contributed by atoms with Crippen LogP contribution in [0.15, 0.2) is 24.3 Å². The maximum absolute atomic E-state index is 11.8. The molecule has 1 rings (SSSR count). The van der Waals surface area contributed by atoms with Crippen molar-refractivity contribution in [1.82, 2.24) is 5.32 Å². The summed E-state index contributed by atoms with van der Waals surface area (Å²) in [7, 11) is 0. The number of benzene rings is 1. The summed E-state index contributed by atoms with van der Waals surface area (Å²) in [6.07, 6.45) is 0. The summed E-state index contributed by atoms with van der Waals surface area (Å²) in [5, 5.41) is 11.6. The molecule has 17 heavy (non-hydrogen) atoms. The highest BCUT2D eigenvalue weighted by Gasteiger charge is 2.21. The number of hydrogen-bond donors (Lipinski definition) is 3. The van der Waals surface area contributed by atoms with E-state index in [1.54, 1.807) is 13.8 Å². The van der Waals surface area contributed by atoms with Crippen molar-refractivity contribution in [1.29, 1.82) is 0 Å². The molecule has 5 nitrogen and oxygen atoms in total. The molecular weight excluding hydrogens is 220 g/mol. The molecule has 0 aliphatic carbocycles. The highest BCUT2D eigenvalue weighted by atomic mass is 16.3. The number of nitrogens with one attached hydrogen (secondary N) is 1. The molecule has 0 aliphatic heterocycles. The molecular formula is C12H16N2O3. The summed E-state index contributed by atoms with van der Waals surface area (Å²) in [4.78, 5) is 22.9. The first-order valence-electron chi connectivity index (χ1n) is 5.31. The molecule has 4 N–H and O–H groups in total. The summed E-state index contributed by atoms with van der Waals surface area (Å²) < 4.78 is 0. The number of aromatic hydroxyl groups is 1. The Hall–Kier alpha value is -2.04. The van der Waals surface area contributed by atoms with Crippen LogP contribution >= 0.6 is 0 Å². The summed E-state index contributed by atoms with van der Waals surface area (Å²) in [5.74, 6) is -0.944. The van der Waals surface area contributed by atoms with E-state index in [4.69, 9.17) is 10.8 Å². The fourth-order valence-corrected chi connectivity index (χ4v) is 1.40. The zero-order valence-corrected chi connectivity index (χ0v) is 9.81. The molecule has 1 aromatic rings. The Morgan fingerprint density at radius 1 is 1.24 bits per heavy atom. The average Bonchev–Trinajstić information content (AvgIpc) is 2.25. The molecule has 0 fully saturated rings. The van der Waals surface area contributed by atoms with Gasteiger partial charge in [-0.2, -0.15) is 0 Å². The number of carbonyl (C=O) groups excluding carboxylic acids is 2. The second kappa shape index (κ2) is 5.34. The third kappa shape index (κ3) is 3.48. The summed E-state index contributed by atoms with van der Waals surface area (Å²) in [6, 6.07) is 5.07. The van der Waals surface area contributed by atoms with Crippen molar-refractivity contribution in [3.8, 4) is 5.75 Å². The van der Waals surface area contributed by atoms with Crippen molar-refractivity contribution in [2.75, 3.05) is 0 Å². The Bertz CT molecular complexity index is 412. The minimum atomic E-state index is -0.698. The van der Waals surface area contributed by atoms with E-state index < -0.39 is 11.9 Å². The van der Waals surface area contributed by atoms with Crippen molar-refractivity contribution in [3.05, 3.63) is 29.8 Å². The number of rotatable bonds is 4. The molecule has 1 atom stereocenters. The smallest absolute Gasteiger partial charge is 0.251 e. The Kier molecular flexibility index (Phi) is 4.09. The maximum Gasteiger partial charge on any atom is 0.251 e. The predicted molar refractivity (Wildman–Crippen MR) is 63.4 cm³/mol. The molecule has 5 heteroatoms. The van der Waals surface area contributed by atoms with Crippen LogP contribution < -0.4 is 11.1 Å². The molecule has 0 spiro atoms. The van der Waals surface area contributed by atoms with Crippen molar-refractivity contribution in [3.63, 3.8) is 0 Å². The number of carbonyl (C=O) groups is 2. The monoisotopic (exact) mass is 236 g/mol. The van der Waals surface area contributed by atoms with Crippen molar-refractivity contribution >= 4 is 11.8 Å². The number of nitrogens with two attached hydrogens (primary N) is 1. The predicted octanol–water partition coefficient (Wildman–Crippen LogP) is 0.632. The molecule has 0 aromatic heterocycles. The first-order chi connectivity index (χ1) is 7.91. The summed E-state index contributed by atoms with van der Waals surface area (Å²) >= 11 is 0. The van der Waals surface area contributed by atoms with Crippen molar-refractivity contribution in [2.24, 2.45) is 11.7 Å². The molecule has 2 amide bonds. The number of primary amides is 1. The van der Waals surface area contributed by atoms with Gasteiger partial charge in [0.2, 0.25) is 5.91 Å². The average molecular weight is 236 g/mol. The van der Waals surface area contributed by atoms with Crippen LogP contribution in [0.5, 0.6) is 5.75 Å². The lowest BCUT2D eigenvalue weighted by Crippen LogP contribution is -2.47. The first kappa shape index (κ1) is 13.0. The van der Waals surface area contributed by atoms with Gasteiger partial charge in [0, 0.05) is 5.56 Å². The highest BCUT2D eigenvalue weighted by molar-refractivity contribution is 5.97. The van der Waals surface area contributed by atoms with E-state index in [1.807, 2.05) is 0 Å². The van der Waals surface area contributed by atoms with Gasteiger partial charge in [0.25, 0.3) is 5.91 Å². The zero-order valence-electron chi connectivity index (χ0n) is 9.81. The Labute approximate surface area is 99.6 Å². The van der Waals surface area contributed by atoms with Crippen LogP contribution in [-0.2, 0) is 4.79 Å². The van der Waals surface area contributed by atoms with E-state index in [0.717, 1.165) is 0 Å². The molecule has 1 unspecified atom stereocenters. The SMILES string of the molecule is CC(C)C(NC(=O)c1ccc(O)cc1)C(N)=O. The number of hydrogen-bond acceptors (Lipinski definition) is 3. The highest BCUT2D eigenvalue weighted by Crippen LogP contribution is 2.10. The normalized spacial score (nSPS) is 12.2. The van der Waals surface area contributed by atoms with E-state index >= 15 is 0 Å². The molecule has 0 saturated carbocycles. The molecule has 0 aliphatic rings. The number of phenolic OH excluding ortho intramolecular Hbond substituents is 1. The van der Waals surface area contributed by atoms with Crippen LogP contribution in [0.3, 0.4) is 0 Å². The third-order valence-electron chi connectivity index (χ3n) is 2.39. The zero-order chi connectivity index (χ0) is 13.0. The van der Waals surface area contributed by atoms with E-state index in [9.17, 15) is 9.59 Å². The van der Waals surface area contributed by atoms with E-state index in [1.165, 1.54) is 24.3 Å². The minimum absolute atomic E-state index is 0.0754. The van der Waals surface area contributed by atoms with E-state index in [-0.39, 0.29) is 17.6 Å². The van der Waals surface area contributed by atoms with Crippen LogP contribution in [0.2, 0.25) is 0 Å². The first-order valence-corrected chi connectivity index (χ1v) is 5.31. The fourth-order valence-electron chi connectivity index (χ4n) is 1.40.